The van der Waals surface area contributed by atoms with E-state index in [9.17, 15) is 9.59 Å². The molecule has 0 unspecified atom stereocenters. The van der Waals surface area contributed by atoms with Gasteiger partial charge in [-0.2, -0.15) is 0 Å². The molecule has 1 aromatic heterocycles. The third-order valence-electron chi connectivity index (χ3n) is 2.83. The van der Waals surface area contributed by atoms with Crippen molar-refractivity contribution in [3.63, 3.8) is 0 Å². The van der Waals surface area contributed by atoms with Crippen molar-refractivity contribution in [1.29, 1.82) is 0 Å². The topological polar surface area (TPSA) is 77.1 Å². The highest BCUT2D eigenvalue weighted by atomic mass is 16.2. The Kier molecular flexibility index (Phi) is 3.89. The molecule has 104 valence electrons. The minimum Gasteiger partial charge on any atom is -0.398 e. The third-order valence-corrected chi connectivity index (χ3v) is 2.83. The predicted molar refractivity (Wildman–Crippen MR) is 79.7 cm³/mol. The number of nitrogen functional groups attached to an aromatic ring is 1. The van der Waals surface area contributed by atoms with E-state index in [0.717, 1.165) is 16.8 Å². The molecule has 1 heterocycles. The van der Waals surface area contributed by atoms with Gasteiger partial charge < -0.3 is 15.6 Å². The average Bonchev–Trinajstić information content (AvgIpc) is 2.32. The highest BCUT2D eigenvalue weighted by Gasteiger charge is 2.06. The molecular formula is C15H17N3O2. The maximum Gasteiger partial charge on any atom is 0.251 e. The molecule has 0 aliphatic rings. The summed E-state index contributed by atoms with van der Waals surface area (Å²) in [5.41, 5.74) is 8.67. The lowest BCUT2D eigenvalue weighted by molar-refractivity contribution is -0.116. The Bertz CT molecular complexity index is 684. The van der Waals surface area contributed by atoms with Crippen LogP contribution in [0.5, 0.6) is 0 Å². The van der Waals surface area contributed by atoms with Crippen LogP contribution in [0.3, 0.4) is 0 Å². The van der Waals surface area contributed by atoms with Gasteiger partial charge in [-0.05, 0) is 43.2 Å². The number of carbonyl (C=O) groups is 1. The Morgan fingerprint density at radius 3 is 2.50 bits per heavy atom. The van der Waals surface area contributed by atoms with Gasteiger partial charge in [0.15, 0.2) is 0 Å². The standard InChI is InChI=1S/C15H17N3O2/c1-10-5-11(2)7-13(6-10)17-14(19)9-18-8-12(16)3-4-15(18)20/h3-8H,9,16H2,1-2H3,(H,17,19). The summed E-state index contributed by atoms with van der Waals surface area (Å²) in [6.45, 7) is 3.87. The smallest absolute Gasteiger partial charge is 0.251 e. The zero-order valence-electron chi connectivity index (χ0n) is 11.5. The molecule has 0 aliphatic heterocycles. The minimum atomic E-state index is -0.261. The molecule has 1 aromatic carbocycles. The van der Waals surface area contributed by atoms with Crippen molar-refractivity contribution in [2.24, 2.45) is 0 Å². The van der Waals surface area contributed by atoms with E-state index in [4.69, 9.17) is 5.73 Å². The zero-order valence-corrected chi connectivity index (χ0v) is 11.5. The second-order valence-electron chi connectivity index (χ2n) is 4.85. The summed E-state index contributed by atoms with van der Waals surface area (Å²) in [5, 5.41) is 2.78. The molecule has 0 atom stereocenters. The maximum atomic E-state index is 12.0. The van der Waals surface area contributed by atoms with Crippen LogP contribution in [0.1, 0.15) is 11.1 Å². The maximum absolute atomic E-state index is 12.0. The number of benzene rings is 1. The third kappa shape index (κ3) is 3.47. The molecular weight excluding hydrogens is 254 g/mol. The monoisotopic (exact) mass is 271 g/mol. The zero-order chi connectivity index (χ0) is 14.7. The van der Waals surface area contributed by atoms with Crippen LogP contribution in [0.2, 0.25) is 0 Å². The molecule has 0 bridgehead atoms. The van der Waals surface area contributed by atoms with Gasteiger partial charge in [0.05, 0.1) is 0 Å². The van der Waals surface area contributed by atoms with Crippen molar-refractivity contribution in [2.45, 2.75) is 20.4 Å². The second kappa shape index (κ2) is 5.61. The molecule has 2 rings (SSSR count). The largest absolute Gasteiger partial charge is 0.398 e. The van der Waals surface area contributed by atoms with E-state index in [1.165, 1.54) is 22.9 Å². The molecule has 2 aromatic rings. The molecule has 20 heavy (non-hydrogen) atoms. The normalized spacial score (nSPS) is 10.3. The predicted octanol–water partition coefficient (Wildman–Crippen LogP) is 1.69. The first-order valence-corrected chi connectivity index (χ1v) is 6.28. The molecule has 0 saturated heterocycles. The molecule has 5 nitrogen and oxygen atoms in total. The summed E-state index contributed by atoms with van der Waals surface area (Å²) in [6, 6.07) is 8.65. The molecule has 0 saturated carbocycles. The van der Waals surface area contributed by atoms with Crippen LogP contribution >= 0.6 is 0 Å². The van der Waals surface area contributed by atoms with Gasteiger partial charge in [0.25, 0.3) is 5.56 Å². The van der Waals surface area contributed by atoms with E-state index in [-0.39, 0.29) is 18.0 Å². The quantitative estimate of drug-likeness (QED) is 0.891. The molecule has 3 N–H and O–H groups in total. The first-order valence-electron chi connectivity index (χ1n) is 6.28. The van der Waals surface area contributed by atoms with Gasteiger partial charge in [0.1, 0.15) is 6.54 Å². The van der Waals surface area contributed by atoms with Crippen LogP contribution in [0, 0.1) is 13.8 Å². The van der Waals surface area contributed by atoms with Gasteiger partial charge >= 0.3 is 0 Å². The fraction of sp³-hybridized carbons (Fsp3) is 0.200. The number of carbonyl (C=O) groups excluding carboxylic acids is 1. The fourth-order valence-electron chi connectivity index (χ4n) is 2.08. The lowest BCUT2D eigenvalue weighted by Crippen LogP contribution is -2.27. The Labute approximate surface area is 117 Å². The van der Waals surface area contributed by atoms with Gasteiger partial charge in [-0.25, -0.2) is 0 Å². The van der Waals surface area contributed by atoms with Gasteiger partial charge in [0, 0.05) is 23.6 Å². The number of nitrogens with one attached hydrogen (secondary N) is 1. The van der Waals surface area contributed by atoms with E-state index in [1.54, 1.807) is 0 Å². The van der Waals surface area contributed by atoms with Gasteiger partial charge in [0.2, 0.25) is 5.91 Å². The summed E-state index contributed by atoms with van der Waals surface area (Å²) in [6.07, 6.45) is 1.46. The lowest BCUT2D eigenvalue weighted by atomic mass is 10.1. The van der Waals surface area contributed by atoms with Crippen LogP contribution in [-0.4, -0.2) is 10.5 Å². The Balaban J connectivity index is 2.13. The van der Waals surface area contributed by atoms with Crippen LogP contribution in [0.15, 0.2) is 41.3 Å². The lowest BCUT2D eigenvalue weighted by Gasteiger charge is -2.09. The van der Waals surface area contributed by atoms with E-state index in [2.05, 4.69) is 5.32 Å². The molecule has 5 heteroatoms. The Morgan fingerprint density at radius 1 is 1.20 bits per heavy atom. The number of aromatic nitrogens is 1. The molecule has 0 radical (unpaired) electrons. The van der Waals surface area contributed by atoms with Crippen molar-refractivity contribution in [3.8, 4) is 0 Å². The molecule has 0 spiro atoms. The molecule has 0 fully saturated rings. The number of hydrogen-bond donors (Lipinski definition) is 2. The van der Waals surface area contributed by atoms with Crippen LogP contribution < -0.4 is 16.6 Å². The van der Waals surface area contributed by atoms with Crippen molar-refractivity contribution in [1.82, 2.24) is 4.57 Å². The SMILES string of the molecule is Cc1cc(C)cc(NC(=O)Cn2cc(N)ccc2=O)c1. The number of amides is 1. The van der Waals surface area contributed by atoms with Crippen molar-refractivity contribution < 1.29 is 4.79 Å². The average molecular weight is 271 g/mol. The summed E-state index contributed by atoms with van der Waals surface area (Å²) < 4.78 is 1.29. The number of nitrogens with zero attached hydrogens (tertiary/aromatic N) is 1. The van der Waals surface area contributed by atoms with E-state index in [0.29, 0.717) is 5.69 Å². The van der Waals surface area contributed by atoms with E-state index < -0.39 is 0 Å². The van der Waals surface area contributed by atoms with Gasteiger partial charge in [-0.3, -0.25) is 9.59 Å². The summed E-state index contributed by atoms with van der Waals surface area (Å²) >= 11 is 0. The first-order chi connectivity index (χ1) is 9.44. The van der Waals surface area contributed by atoms with E-state index >= 15 is 0 Å². The van der Waals surface area contributed by atoms with Crippen molar-refractivity contribution in [2.75, 3.05) is 11.1 Å². The second-order valence-corrected chi connectivity index (χ2v) is 4.85. The Hall–Kier alpha value is -2.56. The molecule has 0 aliphatic carbocycles. The highest BCUT2D eigenvalue weighted by Crippen LogP contribution is 2.13. The van der Waals surface area contributed by atoms with E-state index in [1.807, 2.05) is 32.0 Å². The summed E-state index contributed by atoms with van der Waals surface area (Å²) in [4.78, 5) is 23.6. The van der Waals surface area contributed by atoms with Crippen molar-refractivity contribution >= 4 is 17.3 Å². The number of anilines is 2. The summed E-state index contributed by atoms with van der Waals surface area (Å²) in [5.74, 6) is -0.261. The highest BCUT2D eigenvalue weighted by molar-refractivity contribution is 5.90. The minimum absolute atomic E-state index is 0.0587. The number of rotatable bonds is 3. The fourth-order valence-corrected chi connectivity index (χ4v) is 2.08. The van der Waals surface area contributed by atoms with Gasteiger partial charge in [-0.15, -0.1) is 0 Å². The molecule has 1 amide bonds. The van der Waals surface area contributed by atoms with Gasteiger partial charge in [-0.1, -0.05) is 6.07 Å². The van der Waals surface area contributed by atoms with Crippen LogP contribution in [0.4, 0.5) is 11.4 Å². The van der Waals surface area contributed by atoms with Crippen LogP contribution in [-0.2, 0) is 11.3 Å². The number of hydrogen-bond acceptors (Lipinski definition) is 3. The number of nitrogens with two attached hydrogens (primary N) is 1. The summed E-state index contributed by atoms with van der Waals surface area (Å²) in [7, 11) is 0. The number of pyridine rings is 1. The van der Waals surface area contributed by atoms with Crippen LogP contribution in [0.25, 0.3) is 0 Å². The van der Waals surface area contributed by atoms with Crippen molar-refractivity contribution in [3.05, 3.63) is 58.0 Å². The Morgan fingerprint density at radius 2 is 1.85 bits per heavy atom. The number of aryl methyl sites for hydroxylation is 2. The first kappa shape index (κ1) is 13.9.